The lowest BCUT2D eigenvalue weighted by Gasteiger charge is -2.34. The third-order valence-electron chi connectivity index (χ3n) is 5.67. The fourth-order valence-corrected chi connectivity index (χ4v) is 3.91. The summed E-state index contributed by atoms with van der Waals surface area (Å²) in [6.45, 7) is 1.44. The van der Waals surface area contributed by atoms with Crippen LogP contribution in [0.3, 0.4) is 0 Å². The van der Waals surface area contributed by atoms with Crippen LogP contribution in [0.2, 0.25) is 0 Å². The number of aliphatic hydroxyl groups excluding tert-OH is 1. The van der Waals surface area contributed by atoms with E-state index in [2.05, 4.69) is 9.88 Å². The van der Waals surface area contributed by atoms with Crippen LogP contribution >= 0.6 is 0 Å². The lowest BCUT2D eigenvalue weighted by atomic mass is 9.99. The molecule has 0 unspecified atom stereocenters. The molecule has 1 aromatic heterocycles. The maximum Gasteiger partial charge on any atom is 0.253 e. The van der Waals surface area contributed by atoms with Crippen molar-refractivity contribution in [3.05, 3.63) is 48.5 Å². The van der Waals surface area contributed by atoms with Gasteiger partial charge >= 0.3 is 0 Å². The zero-order valence-electron chi connectivity index (χ0n) is 17.6. The Morgan fingerprint density at radius 1 is 1.21 bits per heavy atom. The van der Waals surface area contributed by atoms with Gasteiger partial charge in [0.2, 0.25) is 0 Å². The molecule has 1 aromatic carbocycles. The van der Waals surface area contributed by atoms with E-state index in [0.717, 1.165) is 38.0 Å². The first-order chi connectivity index (χ1) is 14.0. The average Bonchev–Trinajstić information content (AvgIpc) is 3.17. The van der Waals surface area contributed by atoms with Crippen molar-refractivity contribution < 1.29 is 14.6 Å². The minimum absolute atomic E-state index is 0.0623. The first-order valence-electron chi connectivity index (χ1n) is 10.3. The van der Waals surface area contributed by atoms with E-state index in [1.165, 1.54) is 0 Å². The van der Waals surface area contributed by atoms with Crippen LogP contribution in [-0.4, -0.2) is 76.8 Å². The SMILES string of the molecule is CN(C)CCOc1ccc(C(=O)N(C)[C@@H]2CCCC[C@@H](n3ccnc3)[C@@H]2O)cc1. The second-order valence-electron chi connectivity index (χ2n) is 8.01. The summed E-state index contributed by atoms with van der Waals surface area (Å²) in [6, 6.07) is 6.95. The van der Waals surface area contributed by atoms with Crippen LogP contribution in [0.4, 0.5) is 0 Å². The van der Waals surface area contributed by atoms with E-state index in [9.17, 15) is 9.90 Å². The third-order valence-corrected chi connectivity index (χ3v) is 5.67. The molecule has 1 aliphatic carbocycles. The lowest BCUT2D eigenvalue weighted by Crippen LogP contribution is -2.47. The molecule has 7 nitrogen and oxygen atoms in total. The van der Waals surface area contributed by atoms with E-state index >= 15 is 0 Å². The summed E-state index contributed by atoms with van der Waals surface area (Å²) in [7, 11) is 5.79. The lowest BCUT2D eigenvalue weighted by molar-refractivity contribution is 0.0229. The zero-order chi connectivity index (χ0) is 20.8. The van der Waals surface area contributed by atoms with Gasteiger partial charge in [-0.15, -0.1) is 0 Å². The number of nitrogens with zero attached hydrogens (tertiary/aromatic N) is 4. The van der Waals surface area contributed by atoms with Crippen LogP contribution in [0.5, 0.6) is 5.75 Å². The number of aromatic nitrogens is 2. The molecule has 1 amide bonds. The molecule has 1 N–H and O–H groups in total. The molecule has 3 rings (SSSR count). The number of hydrogen-bond donors (Lipinski definition) is 1. The quantitative estimate of drug-likeness (QED) is 0.723. The Bertz CT molecular complexity index is 761. The number of imidazole rings is 1. The summed E-state index contributed by atoms with van der Waals surface area (Å²) in [6.07, 6.45) is 8.41. The van der Waals surface area contributed by atoms with Crippen molar-refractivity contribution in [1.29, 1.82) is 0 Å². The van der Waals surface area contributed by atoms with Gasteiger partial charge in [0, 0.05) is 31.5 Å². The fraction of sp³-hybridized carbons (Fsp3) is 0.545. The molecule has 7 heteroatoms. The Kier molecular flexibility index (Phi) is 7.28. The van der Waals surface area contributed by atoms with Crippen molar-refractivity contribution in [3.63, 3.8) is 0 Å². The van der Waals surface area contributed by atoms with Crippen LogP contribution in [0.25, 0.3) is 0 Å². The monoisotopic (exact) mass is 400 g/mol. The normalized spacial score (nSPS) is 22.3. The van der Waals surface area contributed by atoms with Crippen molar-refractivity contribution in [2.45, 2.75) is 43.9 Å². The maximum atomic E-state index is 13.1. The largest absolute Gasteiger partial charge is 0.492 e. The number of carbonyl (C=O) groups excluding carboxylic acids is 1. The predicted octanol–water partition coefficient (Wildman–Crippen LogP) is 2.44. The van der Waals surface area contributed by atoms with E-state index in [1.54, 1.807) is 36.6 Å². The molecule has 0 saturated heterocycles. The molecule has 29 heavy (non-hydrogen) atoms. The minimum Gasteiger partial charge on any atom is -0.492 e. The highest BCUT2D eigenvalue weighted by atomic mass is 16.5. The van der Waals surface area contributed by atoms with E-state index < -0.39 is 6.10 Å². The fourth-order valence-electron chi connectivity index (χ4n) is 3.91. The van der Waals surface area contributed by atoms with Gasteiger partial charge in [0.1, 0.15) is 12.4 Å². The molecule has 1 saturated carbocycles. The van der Waals surface area contributed by atoms with Gasteiger partial charge in [-0.2, -0.15) is 0 Å². The second kappa shape index (κ2) is 9.89. The molecule has 3 atom stereocenters. The van der Waals surface area contributed by atoms with Gasteiger partial charge in [0.15, 0.2) is 0 Å². The molecule has 0 bridgehead atoms. The summed E-state index contributed by atoms with van der Waals surface area (Å²) < 4.78 is 7.66. The summed E-state index contributed by atoms with van der Waals surface area (Å²) >= 11 is 0. The molecule has 2 aromatic rings. The Hall–Kier alpha value is -2.38. The molecule has 0 radical (unpaired) electrons. The summed E-state index contributed by atoms with van der Waals surface area (Å²) in [5.41, 5.74) is 0.600. The Labute approximate surface area is 172 Å². The van der Waals surface area contributed by atoms with Gasteiger partial charge in [0.05, 0.1) is 24.5 Å². The van der Waals surface area contributed by atoms with Crippen molar-refractivity contribution in [1.82, 2.24) is 19.4 Å². The number of carbonyl (C=O) groups is 1. The Balaban J connectivity index is 1.66. The first-order valence-corrected chi connectivity index (χ1v) is 10.3. The molecule has 158 valence electrons. The highest BCUT2D eigenvalue weighted by Crippen LogP contribution is 2.30. The number of hydrogen-bond acceptors (Lipinski definition) is 5. The van der Waals surface area contributed by atoms with Crippen LogP contribution in [0.15, 0.2) is 43.0 Å². The molecule has 0 aliphatic heterocycles. The topological polar surface area (TPSA) is 70.8 Å². The minimum atomic E-state index is -0.630. The standard InChI is InChI=1S/C22H32N4O3/c1-24(2)14-15-29-18-10-8-17(9-11-18)22(28)25(3)19-6-4-5-7-20(21(19)27)26-13-12-23-16-26/h8-13,16,19-21,27H,4-7,14-15H2,1-3H3/t19-,20-,21-/m1/s1. The average molecular weight is 401 g/mol. The zero-order valence-corrected chi connectivity index (χ0v) is 17.6. The van der Waals surface area contributed by atoms with Gasteiger partial charge in [-0.3, -0.25) is 4.79 Å². The van der Waals surface area contributed by atoms with Crippen LogP contribution < -0.4 is 4.74 Å². The van der Waals surface area contributed by atoms with Gasteiger partial charge in [0.25, 0.3) is 5.91 Å². The van der Waals surface area contributed by atoms with Gasteiger partial charge in [-0.05, 0) is 51.2 Å². The van der Waals surface area contributed by atoms with E-state index in [1.807, 2.05) is 37.0 Å². The molecular formula is C22H32N4O3. The highest BCUT2D eigenvalue weighted by Gasteiger charge is 2.35. The van der Waals surface area contributed by atoms with Crippen LogP contribution in [0.1, 0.15) is 42.1 Å². The number of aliphatic hydroxyl groups is 1. The molecular weight excluding hydrogens is 368 g/mol. The summed E-state index contributed by atoms with van der Waals surface area (Å²) in [5.74, 6) is 0.667. The number of ether oxygens (including phenoxy) is 1. The van der Waals surface area contributed by atoms with Gasteiger partial charge < -0.3 is 24.2 Å². The molecule has 1 fully saturated rings. The van der Waals surface area contributed by atoms with E-state index in [-0.39, 0.29) is 18.0 Å². The number of likely N-dealkylation sites (N-methyl/N-ethyl adjacent to an activating group) is 2. The molecule has 1 aliphatic rings. The number of rotatable bonds is 7. The van der Waals surface area contributed by atoms with Crippen molar-refractivity contribution in [2.75, 3.05) is 34.3 Å². The molecule has 1 heterocycles. The van der Waals surface area contributed by atoms with E-state index in [4.69, 9.17) is 4.74 Å². The van der Waals surface area contributed by atoms with Crippen molar-refractivity contribution >= 4 is 5.91 Å². The van der Waals surface area contributed by atoms with Crippen molar-refractivity contribution in [2.24, 2.45) is 0 Å². The third kappa shape index (κ3) is 5.36. The Morgan fingerprint density at radius 2 is 1.93 bits per heavy atom. The van der Waals surface area contributed by atoms with Crippen LogP contribution in [0, 0.1) is 0 Å². The molecule has 0 spiro atoms. The highest BCUT2D eigenvalue weighted by molar-refractivity contribution is 5.94. The van der Waals surface area contributed by atoms with Gasteiger partial charge in [-0.25, -0.2) is 4.98 Å². The second-order valence-corrected chi connectivity index (χ2v) is 8.01. The summed E-state index contributed by atoms with van der Waals surface area (Å²) in [5, 5.41) is 11.1. The number of amides is 1. The predicted molar refractivity (Wildman–Crippen MR) is 112 cm³/mol. The smallest absolute Gasteiger partial charge is 0.253 e. The van der Waals surface area contributed by atoms with Gasteiger partial charge in [-0.1, -0.05) is 12.8 Å². The van der Waals surface area contributed by atoms with E-state index in [0.29, 0.717) is 12.2 Å². The van der Waals surface area contributed by atoms with Crippen molar-refractivity contribution in [3.8, 4) is 5.75 Å². The number of benzene rings is 1. The first kappa shape index (κ1) is 21.3. The maximum absolute atomic E-state index is 13.1. The summed E-state index contributed by atoms with van der Waals surface area (Å²) in [4.78, 5) is 20.9. The van der Waals surface area contributed by atoms with Crippen LogP contribution in [-0.2, 0) is 0 Å². The Morgan fingerprint density at radius 3 is 2.59 bits per heavy atom.